The van der Waals surface area contributed by atoms with E-state index in [1.54, 1.807) is 4.57 Å². The number of hydrogen-bond donors (Lipinski definition) is 2. The first-order valence-corrected chi connectivity index (χ1v) is 12.0. The van der Waals surface area contributed by atoms with E-state index in [1.807, 2.05) is 43.2 Å². The second-order valence-corrected chi connectivity index (χ2v) is 10.3. The van der Waals surface area contributed by atoms with Crippen molar-refractivity contribution < 1.29 is 0 Å². The monoisotopic (exact) mass is 465 g/mol. The van der Waals surface area contributed by atoms with Crippen molar-refractivity contribution in [1.29, 1.82) is 0 Å². The molecule has 8 nitrogen and oxygen atoms in total. The molecule has 0 amide bonds. The number of nitrogens with one attached hydrogen (secondary N) is 1. The number of H-pyrrole nitrogens is 1. The van der Waals surface area contributed by atoms with Crippen LogP contribution in [0, 0.1) is 0 Å². The lowest BCUT2D eigenvalue weighted by molar-refractivity contribution is 0.302. The number of piperidine rings is 1. The highest BCUT2D eigenvalue weighted by atomic mass is 35.5. The van der Waals surface area contributed by atoms with Gasteiger partial charge in [0.25, 0.3) is 5.56 Å². The summed E-state index contributed by atoms with van der Waals surface area (Å²) in [5, 5.41) is 6.56. The van der Waals surface area contributed by atoms with Gasteiger partial charge in [-0.1, -0.05) is 17.7 Å². The van der Waals surface area contributed by atoms with Crippen molar-refractivity contribution in [2.45, 2.75) is 63.7 Å². The number of hydrogen-bond acceptors (Lipinski definition) is 5. The fraction of sp³-hybridized carbons (Fsp3) is 0.458. The van der Waals surface area contributed by atoms with Crippen LogP contribution in [0.2, 0.25) is 5.02 Å². The Labute approximate surface area is 196 Å². The van der Waals surface area contributed by atoms with Crippen molar-refractivity contribution >= 4 is 39.5 Å². The van der Waals surface area contributed by atoms with Crippen LogP contribution in [0.15, 0.2) is 29.3 Å². The maximum Gasteiger partial charge on any atom is 0.264 e. The third-order valence-electron chi connectivity index (χ3n) is 7.43. The van der Waals surface area contributed by atoms with Crippen LogP contribution >= 0.6 is 11.6 Å². The van der Waals surface area contributed by atoms with E-state index in [1.165, 1.54) is 0 Å². The number of halogens is 1. The predicted molar refractivity (Wildman–Crippen MR) is 132 cm³/mol. The lowest BCUT2D eigenvalue weighted by Gasteiger charge is -2.43. The van der Waals surface area contributed by atoms with Crippen LogP contribution in [0.1, 0.15) is 39.5 Å². The molecule has 2 bridgehead atoms. The Morgan fingerprint density at radius 3 is 2.67 bits per heavy atom. The minimum Gasteiger partial charge on any atom is -0.345 e. The largest absolute Gasteiger partial charge is 0.345 e. The summed E-state index contributed by atoms with van der Waals surface area (Å²) >= 11 is 6.81. The Morgan fingerprint density at radius 2 is 1.97 bits per heavy atom. The smallest absolute Gasteiger partial charge is 0.264 e. The van der Waals surface area contributed by atoms with E-state index in [-0.39, 0.29) is 11.1 Å². The normalized spacial score (nSPS) is 24.9. The second kappa shape index (κ2) is 7.08. The van der Waals surface area contributed by atoms with E-state index in [0.29, 0.717) is 28.1 Å². The van der Waals surface area contributed by atoms with Crippen molar-refractivity contribution in [1.82, 2.24) is 24.3 Å². The van der Waals surface area contributed by atoms with Crippen molar-refractivity contribution in [3.63, 3.8) is 0 Å². The highest BCUT2D eigenvalue weighted by Gasteiger charge is 2.46. The summed E-state index contributed by atoms with van der Waals surface area (Å²) < 4.78 is 3.55. The molecule has 3 N–H and O–H groups in total. The van der Waals surface area contributed by atoms with Crippen molar-refractivity contribution in [3.8, 4) is 11.1 Å². The molecule has 4 aromatic rings. The molecule has 172 valence electrons. The Morgan fingerprint density at radius 1 is 1.24 bits per heavy atom. The van der Waals surface area contributed by atoms with Crippen LogP contribution < -0.4 is 16.2 Å². The summed E-state index contributed by atoms with van der Waals surface area (Å²) in [5.41, 5.74) is 9.24. The van der Waals surface area contributed by atoms with Gasteiger partial charge in [-0.25, -0.2) is 0 Å². The van der Waals surface area contributed by atoms with Gasteiger partial charge in [0.15, 0.2) is 0 Å². The van der Waals surface area contributed by atoms with Crippen molar-refractivity contribution in [2.24, 2.45) is 12.8 Å². The Balaban J connectivity index is 1.49. The minimum absolute atomic E-state index is 0.0767. The number of benzene rings is 1. The average molecular weight is 466 g/mol. The van der Waals surface area contributed by atoms with Crippen molar-refractivity contribution in [3.05, 3.63) is 39.9 Å². The third-order valence-corrected chi connectivity index (χ3v) is 7.84. The standard InChI is InChI=1S/C24H28ClN7O/c1-4-31-12-17-18(29-31)8-7-15(20(17)25)16-11-27-21-19(16)22(33)30(3)23(28-21)32-13-5-6-14(32)10-24(2,26)9-13/h7-8,11-14,27H,4-6,9-10,26H2,1-3H3/t13-,14+,24?. The summed E-state index contributed by atoms with van der Waals surface area (Å²) in [6.07, 6.45) is 7.78. The van der Waals surface area contributed by atoms with E-state index in [2.05, 4.69) is 21.9 Å². The zero-order valence-corrected chi connectivity index (χ0v) is 19.9. The van der Waals surface area contributed by atoms with Crippen LogP contribution in [0.4, 0.5) is 5.95 Å². The third kappa shape index (κ3) is 3.04. The maximum absolute atomic E-state index is 13.6. The molecule has 0 aliphatic carbocycles. The SMILES string of the molecule is CCn1cc2c(Cl)c(-c3c[nH]c4nc(N5[C@@H]6CC[C@H]5CC(C)(N)C6)n(C)c(=O)c34)ccc2n1. The van der Waals surface area contributed by atoms with Gasteiger partial charge in [-0.2, -0.15) is 10.1 Å². The molecular weight excluding hydrogens is 438 g/mol. The second-order valence-electron chi connectivity index (χ2n) is 9.90. The number of aryl methyl sites for hydroxylation is 1. The van der Waals surface area contributed by atoms with E-state index in [4.69, 9.17) is 22.3 Å². The van der Waals surface area contributed by atoms with E-state index < -0.39 is 0 Å². The predicted octanol–water partition coefficient (Wildman–Crippen LogP) is 3.80. The van der Waals surface area contributed by atoms with Gasteiger partial charge >= 0.3 is 0 Å². The lowest BCUT2D eigenvalue weighted by Crippen LogP contribution is -2.55. The first kappa shape index (κ1) is 20.7. The van der Waals surface area contributed by atoms with Gasteiger partial charge in [-0.15, -0.1) is 0 Å². The molecule has 1 aromatic carbocycles. The Kier molecular flexibility index (Phi) is 4.45. The molecule has 2 aliphatic heterocycles. The Bertz CT molecular complexity index is 1450. The zero-order chi connectivity index (χ0) is 23.1. The van der Waals surface area contributed by atoms with Crippen LogP contribution in [0.3, 0.4) is 0 Å². The Hall–Kier alpha value is -2.84. The molecule has 0 saturated carbocycles. The molecule has 2 fully saturated rings. The van der Waals surface area contributed by atoms with Gasteiger partial charge in [-0.3, -0.25) is 14.0 Å². The number of aromatic nitrogens is 5. The quantitative estimate of drug-likeness (QED) is 0.479. The lowest BCUT2D eigenvalue weighted by atomic mass is 9.86. The molecule has 33 heavy (non-hydrogen) atoms. The van der Waals surface area contributed by atoms with Gasteiger partial charge in [0, 0.05) is 60.1 Å². The van der Waals surface area contributed by atoms with Gasteiger partial charge in [0.1, 0.15) is 5.65 Å². The van der Waals surface area contributed by atoms with Gasteiger partial charge in [0.2, 0.25) is 5.95 Å². The van der Waals surface area contributed by atoms with E-state index >= 15 is 0 Å². The molecule has 1 unspecified atom stereocenters. The molecule has 2 aliphatic rings. The molecule has 3 atom stereocenters. The summed E-state index contributed by atoms with van der Waals surface area (Å²) in [6.45, 7) is 4.94. The van der Waals surface area contributed by atoms with Crippen molar-refractivity contribution in [2.75, 3.05) is 4.90 Å². The first-order valence-electron chi connectivity index (χ1n) is 11.6. The van der Waals surface area contributed by atoms with Gasteiger partial charge in [-0.05, 0) is 45.6 Å². The van der Waals surface area contributed by atoms with Gasteiger partial charge in [0.05, 0.1) is 15.9 Å². The molecule has 9 heteroatoms. The number of nitrogens with zero attached hydrogens (tertiary/aromatic N) is 5. The fourth-order valence-corrected chi connectivity index (χ4v) is 6.23. The van der Waals surface area contributed by atoms with Crippen LogP contribution in [0.5, 0.6) is 0 Å². The number of nitrogens with two attached hydrogens (primary N) is 1. The average Bonchev–Trinajstić information content (AvgIpc) is 3.45. The molecule has 3 aromatic heterocycles. The van der Waals surface area contributed by atoms with Crippen LogP contribution in [-0.4, -0.2) is 41.9 Å². The number of rotatable bonds is 3. The molecule has 0 radical (unpaired) electrons. The summed E-state index contributed by atoms with van der Waals surface area (Å²) in [4.78, 5) is 24.1. The summed E-state index contributed by atoms with van der Waals surface area (Å²) in [7, 11) is 1.81. The first-order chi connectivity index (χ1) is 15.8. The number of fused-ring (bicyclic) bond motifs is 4. The number of anilines is 1. The maximum atomic E-state index is 13.6. The fourth-order valence-electron chi connectivity index (χ4n) is 5.92. The minimum atomic E-state index is -0.161. The number of aromatic amines is 1. The highest BCUT2D eigenvalue weighted by molar-refractivity contribution is 6.38. The molecular formula is C24H28ClN7O. The van der Waals surface area contributed by atoms with Crippen LogP contribution in [0.25, 0.3) is 33.1 Å². The molecule has 2 saturated heterocycles. The van der Waals surface area contributed by atoms with E-state index in [9.17, 15) is 4.79 Å². The molecule has 6 rings (SSSR count). The summed E-state index contributed by atoms with van der Waals surface area (Å²) in [5.74, 6) is 0.717. The zero-order valence-electron chi connectivity index (χ0n) is 19.1. The molecule has 0 spiro atoms. The van der Waals surface area contributed by atoms with Crippen LogP contribution in [-0.2, 0) is 13.6 Å². The highest BCUT2D eigenvalue weighted by Crippen LogP contribution is 2.42. The molecule has 5 heterocycles. The summed E-state index contributed by atoms with van der Waals surface area (Å²) in [6, 6.07) is 4.51. The van der Waals surface area contributed by atoms with Gasteiger partial charge < -0.3 is 15.6 Å². The topological polar surface area (TPSA) is 97.8 Å². The van der Waals surface area contributed by atoms with E-state index in [0.717, 1.165) is 60.2 Å².